The summed E-state index contributed by atoms with van der Waals surface area (Å²) in [5.74, 6) is 2.78. The van der Waals surface area contributed by atoms with E-state index in [1.165, 1.54) is 0 Å². The molecule has 1 fully saturated rings. The van der Waals surface area contributed by atoms with Gasteiger partial charge in [0.05, 0.1) is 12.3 Å². The van der Waals surface area contributed by atoms with Crippen LogP contribution < -0.4 is 14.2 Å². The van der Waals surface area contributed by atoms with Crippen molar-refractivity contribution >= 4 is 0 Å². The zero-order valence-electron chi connectivity index (χ0n) is 17.1. The molecule has 4 rings (SSSR count). The average Bonchev–Trinajstić information content (AvgIpc) is 3.05. The highest BCUT2D eigenvalue weighted by Gasteiger charge is 2.34. The Bertz CT molecular complexity index is 822. The Balaban J connectivity index is 1.39. The van der Waals surface area contributed by atoms with Gasteiger partial charge in [0.25, 0.3) is 5.88 Å². The molecule has 2 aliphatic rings. The number of aryl methyl sites for hydroxylation is 2. The van der Waals surface area contributed by atoms with Crippen LogP contribution in [0.25, 0.3) is 0 Å². The highest BCUT2D eigenvalue weighted by atomic mass is 16.6. The number of likely N-dealkylation sites (tertiary alicyclic amines) is 1. The summed E-state index contributed by atoms with van der Waals surface area (Å²) in [4.78, 5) is 11.6. The molecule has 0 amide bonds. The maximum atomic E-state index is 6.09. The molecule has 1 saturated heterocycles. The Kier molecular flexibility index (Phi) is 5.40. The normalized spacial score (nSPS) is 22.9. The third-order valence-electron chi connectivity index (χ3n) is 5.60. The lowest BCUT2D eigenvalue weighted by molar-refractivity contribution is 0.159. The molecule has 28 heavy (non-hydrogen) atoms. The van der Waals surface area contributed by atoms with E-state index in [1.54, 1.807) is 0 Å². The van der Waals surface area contributed by atoms with Gasteiger partial charge in [0, 0.05) is 48.1 Å². The Morgan fingerprint density at radius 2 is 1.89 bits per heavy atom. The molecular weight excluding hydrogens is 354 g/mol. The van der Waals surface area contributed by atoms with E-state index in [2.05, 4.69) is 29.8 Å². The van der Waals surface area contributed by atoms with E-state index >= 15 is 0 Å². The van der Waals surface area contributed by atoms with Crippen LogP contribution in [-0.4, -0.2) is 47.3 Å². The lowest BCUT2D eigenvalue weighted by Crippen LogP contribution is -2.31. The van der Waals surface area contributed by atoms with Crippen molar-refractivity contribution < 1.29 is 14.2 Å². The number of fused-ring (bicyclic) bond motifs is 1. The van der Waals surface area contributed by atoms with Crippen molar-refractivity contribution in [1.29, 1.82) is 0 Å². The molecule has 2 unspecified atom stereocenters. The molecule has 0 radical (unpaired) electrons. The maximum Gasteiger partial charge on any atom is 0.257 e. The minimum Gasteiger partial charge on any atom is -0.493 e. The third kappa shape index (κ3) is 4.07. The molecule has 6 nitrogen and oxygen atoms in total. The molecule has 0 aliphatic carbocycles. The number of pyridine rings is 2. The van der Waals surface area contributed by atoms with Crippen molar-refractivity contribution in [3.63, 3.8) is 0 Å². The maximum absolute atomic E-state index is 6.09. The van der Waals surface area contributed by atoms with Gasteiger partial charge in [-0.05, 0) is 46.2 Å². The predicted octanol–water partition coefficient (Wildman–Crippen LogP) is 3.72. The van der Waals surface area contributed by atoms with Crippen molar-refractivity contribution in [1.82, 2.24) is 14.9 Å². The van der Waals surface area contributed by atoms with Crippen LogP contribution >= 0.6 is 0 Å². The van der Waals surface area contributed by atoms with E-state index in [0.717, 1.165) is 48.2 Å². The van der Waals surface area contributed by atoms with Crippen molar-refractivity contribution in [2.45, 2.75) is 46.2 Å². The lowest BCUT2D eigenvalue weighted by Gasteiger charge is -2.29. The zero-order valence-corrected chi connectivity index (χ0v) is 17.1. The fraction of sp³-hybridized carbons (Fsp3) is 0.545. The van der Waals surface area contributed by atoms with Gasteiger partial charge in [-0.1, -0.05) is 0 Å². The molecule has 4 heterocycles. The van der Waals surface area contributed by atoms with Crippen LogP contribution in [0.2, 0.25) is 0 Å². The highest BCUT2D eigenvalue weighted by molar-refractivity contribution is 5.36. The van der Waals surface area contributed by atoms with Crippen LogP contribution in [0.4, 0.5) is 0 Å². The first-order valence-corrected chi connectivity index (χ1v) is 10.1. The molecule has 2 aromatic rings. The Morgan fingerprint density at radius 1 is 1.14 bits per heavy atom. The van der Waals surface area contributed by atoms with E-state index in [9.17, 15) is 0 Å². The minimum absolute atomic E-state index is 0.223. The van der Waals surface area contributed by atoms with Crippen LogP contribution in [0.3, 0.4) is 0 Å². The monoisotopic (exact) mass is 383 g/mol. The van der Waals surface area contributed by atoms with Gasteiger partial charge in [0.2, 0.25) is 0 Å². The van der Waals surface area contributed by atoms with Gasteiger partial charge in [0.15, 0.2) is 5.75 Å². The van der Waals surface area contributed by atoms with Gasteiger partial charge in [-0.2, -0.15) is 0 Å². The largest absolute Gasteiger partial charge is 0.493 e. The molecule has 0 N–H and O–H groups in total. The summed E-state index contributed by atoms with van der Waals surface area (Å²) in [5, 5.41) is 0. The van der Waals surface area contributed by atoms with Crippen molar-refractivity contribution in [3.05, 3.63) is 41.3 Å². The van der Waals surface area contributed by atoms with Crippen molar-refractivity contribution in [2.75, 3.05) is 26.4 Å². The molecule has 0 bridgehead atoms. The van der Waals surface area contributed by atoms with Gasteiger partial charge in [-0.25, -0.2) is 4.98 Å². The fourth-order valence-electron chi connectivity index (χ4n) is 4.27. The summed E-state index contributed by atoms with van der Waals surface area (Å²) in [7, 11) is 0. The first-order valence-electron chi connectivity index (χ1n) is 10.1. The van der Waals surface area contributed by atoms with Crippen LogP contribution in [0, 0.1) is 19.8 Å². The van der Waals surface area contributed by atoms with Crippen LogP contribution in [0.15, 0.2) is 24.3 Å². The lowest BCUT2D eigenvalue weighted by atomic mass is 10.1. The van der Waals surface area contributed by atoms with Crippen LogP contribution in [0.5, 0.6) is 17.4 Å². The summed E-state index contributed by atoms with van der Waals surface area (Å²) < 4.78 is 17.3. The second kappa shape index (κ2) is 7.95. The first kappa shape index (κ1) is 19.0. The molecule has 3 atom stereocenters. The first-order chi connectivity index (χ1) is 13.5. The van der Waals surface area contributed by atoms with E-state index in [0.29, 0.717) is 31.1 Å². The quantitative estimate of drug-likeness (QED) is 0.784. The summed E-state index contributed by atoms with van der Waals surface area (Å²) in [6.45, 7) is 11.4. The molecular formula is C22H29N3O3. The highest BCUT2D eigenvalue weighted by Crippen LogP contribution is 2.35. The smallest absolute Gasteiger partial charge is 0.257 e. The third-order valence-corrected chi connectivity index (χ3v) is 5.60. The average molecular weight is 383 g/mol. The Labute approximate surface area is 166 Å². The van der Waals surface area contributed by atoms with E-state index in [-0.39, 0.29) is 6.04 Å². The van der Waals surface area contributed by atoms with Gasteiger partial charge in [-0.15, -0.1) is 0 Å². The molecule has 6 heteroatoms. The number of rotatable bonds is 5. The fourth-order valence-corrected chi connectivity index (χ4v) is 4.27. The second-order valence-electron chi connectivity index (χ2n) is 7.96. The van der Waals surface area contributed by atoms with E-state index in [1.807, 2.05) is 32.0 Å². The number of hydrogen-bond acceptors (Lipinski definition) is 6. The summed E-state index contributed by atoms with van der Waals surface area (Å²) in [6, 6.07) is 8.75. The molecule has 150 valence electrons. The number of ether oxygens (including phenoxy) is 3. The van der Waals surface area contributed by atoms with E-state index in [4.69, 9.17) is 19.2 Å². The van der Waals surface area contributed by atoms with Crippen LogP contribution in [-0.2, 0) is 0 Å². The Morgan fingerprint density at radius 3 is 2.68 bits per heavy atom. The van der Waals surface area contributed by atoms with Gasteiger partial charge < -0.3 is 14.2 Å². The molecule has 2 aliphatic heterocycles. The molecule has 0 spiro atoms. The zero-order chi connectivity index (χ0) is 19.7. The predicted molar refractivity (Wildman–Crippen MR) is 107 cm³/mol. The van der Waals surface area contributed by atoms with Crippen LogP contribution in [0.1, 0.15) is 43.4 Å². The number of hydrogen-bond donors (Lipinski definition) is 0. The SMILES string of the molecule is Cc1cc(OCC2C[C@H](C)N(C(C)c3ccc4c(n3)OCCO4)C2)cc(C)n1. The van der Waals surface area contributed by atoms with Gasteiger partial charge >= 0.3 is 0 Å². The Hall–Kier alpha value is -2.34. The van der Waals surface area contributed by atoms with Crippen molar-refractivity contribution in [3.8, 4) is 17.4 Å². The summed E-state index contributed by atoms with van der Waals surface area (Å²) in [6.07, 6.45) is 1.12. The summed E-state index contributed by atoms with van der Waals surface area (Å²) >= 11 is 0. The summed E-state index contributed by atoms with van der Waals surface area (Å²) in [5.41, 5.74) is 3.02. The molecule has 0 aromatic carbocycles. The molecule has 0 saturated carbocycles. The number of nitrogens with zero attached hydrogens (tertiary/aromatic N) is 3. The van der Waals surface area contributed by atoms with Gasteiger partial charge in [-0.3, -0.25) is 9.88 Å². The molecule has 2 aromatic heterocycles. The van der Waals surface area contributed by atoms with Crippen molar-refractivity contribution in [2.24, 2.45) is 5.92 Å². The standard InChI is InChI=1S/C22H29N3O3/c1-14-9-19(10-15(2)23-14)28-13-18-11-16(3)25(12-18)17(4)20-5-6-21-22(24-20)27-8-7-26-21/h5-6,9-10,16-18H,7-8,11-13H2,1-4H3/t16-,17?,18?/m0/s1. The number of aromatic nitrogens is 2. The van der Waals surface area contributed by atoms with Gasteiger partial charge in [0.1, 0.15) is 19.0 Å². The minimum atomic E-state index is 0.223. The van der Waals surface area contributed by atoms with E-state index < -0.39 is 0 Å². The second-order valence-corrected chi connectivity index (χ2v) is 7.96. The topological polar surface area (TPSA) is 56.7 Å².